The highest BCUT2D eigenvalue weighted by molar-refractivity contribution is 9.10. The van der Waals surface area contributed by atoms with Crippen LogP contribution in [0.25, 0.3) is 0 Å². The van der Waals surface area contributed by atoms with Gasteiger partial charge in [0.15, 0.2) is 0 Å². The lowest BCUT2D eigenvalue weighted by Gasteiger charge is -2.34. The first kappa shape index (κ1) is 20.3. The first-order valence-electron chi connectivity index (χ1n) is 8.19. The van der Waals surface area contributed by atoms with Gasteiger partial charge in [-0.1, -0.05) is 22.4 Å². The number of sulfonamides is 1. The fraction of sp³-hybridized carbons (Fsp3) is 0.562. The summed E-state index contributed by atoms with van der Waals surface area (Å²) in [5.41, 5.74) is 0. The maximum absolute atomic E-state index is 12.9. The summed E-state index contributed by atoms with van der Waals surface area (Å²) in [6.45, 7) is -0.199. The molecule has 1 aliphatic heterocycles. The normalized spacial score (nSPS) is 20.2. The summed E-state index contributed by atoms with van der Waals surface area (Å²) >= 11 is 3.28. The number of aliphatic hydroxyl groups is 2. The van der Waals surface area contributed by atoms with Gasteiger partial charge in [-0.3, -0.25) is 4.79 Å². The number of piperidine rings is 1. The molecular weight excluding hydrogens is 412 g/mol. The van der Waals surface area contributed by atoms with Crippen molar-refractivity contribution in [3.63, 3.8) is 0 Å². The Morgan fingerprint density at radius 2 is 1.96 bits per heavy atom. The first-order chi connectivity index (χ1) is 11.9. The highest BCUT2D eigenvalue weighted by Crippen LogP contribution is 2.26. The largest absolute Gasteiger partial charge is 0.396 e. The number of aliphatic hydroxyl groups excluding tert-OH is 2. The third kappa shape index (κ3) is 5.01. The van der Waals surface area contributed by atoms with Gasteiger partial charge in [-0.05, 0) is 43.5 Å². The number of carbonyl (C=O) groups is 1. The molecule has 140 valence electrons. The lowest BCUT2D eigenvalue weighted by atomic mass is 10.0. The van der Waals surface area contributed by atoms with Crippen LogP contribution in [0.3, 0.4) is 0 Å². The number of halogens is 1. The van der Waals surface area contributed by atoms with Crippen molar-refractivity contribution in [1.29, 1.82) is 0 Å². The van der Waals surface area contributed by atoms with Crippen LogP contribution >= 0.6 is 15.9 Å². The first-order valence-corrected chi connectivity index (χ1v) is 10.4. The fourth-order valence-corrected chi connectivity index (χ4v) is 4.78. The lowest BCUT2D eigenvalue weighted by Crippen LogP contribution is -2.54. The monoisotopic (exact) mass is 434 g/mol. The number of amides is 1. The standard InChI is InChI=1S/C16H23BrN2O5S/c17-12-4-6-14(7-5-12)25(23,24)19-9-2-1-3-15(19)16(22)18-13(11-21)8-10-20/h4-7,13,15,20-21H,1-3,8-11H2,(H,18,22). The molecule has 2 unspecified atom stereocenters. The molecule has 1 saturated heterocycles. The van der Waals surface area contributed by atoms with Crippen LogP contribution in [0.1, 0.15) is 25.7 Å². The summed E-state index contributed by atoms with van der Waals surface area (Å²) in [7, 11) is -3.79. The Morgan fingerprint density at radius 3 is 2.56 bits per heavy atom. The van der Waals surface area contributed by atoms with Crippen molar-refractivity contribution in [2.45, 2.75) is 42.7 Å². The van der Waals surface area contributed by atoms with Crippen LogP contribution in [-0.4, -0.2) is 60.7 Å². The fourth-order valence-electron chi connectivity index (χ4n) is 2.86. The average Bonchev–Trinajstić information content (AvgIpc) is 2.61. The highest BCUT2D eigenvalue weighted by atomic mass is 79.9. The van der Waals surface area contributed by atoms with Gasteiger partial charge in [0, 0.05) is 17.6 Å². The summed E-state index contributed by atoms with van der Waals surface area (Å²) in [6.07, 6.45) is 2.10. The van der Waals surface area contributed by atoms with Gasteiger partial charge < -0.3 is 15.5 Å². The SMILES string of the molecule is O=C(NC(CO)CCO)C1CCCCN1S(=O)(=O)c1ccc(Br)cc1. The molecule has 2 atom stereocenters. The van der Waals surface area contributed by atoms with E-state index in [0.29, 0.717) is 12.8 Å². The van der Waals surface area contributed by atoms with Crippen LogP contribution in [0.2, 0.25) is 0 Å². The number of carbonyl (C=O) groups excluding carboxylic acids is 1. The summed E-state index contributed by atoms with van der Waals surface area (Å²) in [5.74, 6) is -0.437. The van der Waals surface area contributed by atoms with Gasteiger partial charge in [0.2, 0.25) is 15.9 Å². The molecule has 2 rings (SSSR count). The van der Waals surface area contributed by atoms with Crippen LogP contribution in [0.5, 0.6) is 0 Å². The topological polar surface area (TPSA) is 107 Å². The van der Waals surface area contributed by atoms with Crippen molar-refractivity contribution < 1.29 is 23.4 Å². The van der Waals surface area contributed by atoms with E-state index in [0.717, 1.165) is 10.9 Å². The minimum atomic E-state index is -3.79. The molecule has 0 spiro atoms. The van der Waals surface area contributed by atoms with Gasteiger partial charge in [-0.2, -0.15) is 4.31 Å². The summed E-state index contributed by atoms with van der Waals surface area (Å²) in [5, 5.41) is 20.9. The number of nitrogens with zero attached hydrogens (tertiary/aromatic N) is 1. The van der Waals surface area contributed by atoms with E-state index in [9.17, 15) is 18.3 Å². The molecule has 0 bridgehead atoms. The minimum absolute atomic E-state index is 0.143. The smallest absolute Gasteiger partial charge is 0.243 e. The molecule has 1 aliphatic rings. The van der Waals surface area contributed by atoms with Crippen molar-refractivity contribution in [1.82, 2.24) is 9.62 Å². The van der Waals surface area contributed by atoms with Crippen LogP contribution in [0, 0.1) is 0 Å². The Kier molecular flexibility index (Phi) is 7.38. The van der Waals surface area contributed by atoms with Gasteiger partial charge in [0.05, 0.1) is 17.5 Å². The molecule has 3 N–H and O–H groups in total. The lowest BCUT2D eigenvalue weighted by molar-refractivity contribution is -0.126. The Hall–Kier alpha value is -1.00. The number of rotatable bonds is 7. The minimum Gasteiger partial charge on any atom is -0.396 e. The van der Waals surface area contributed by atoms with E-state index in [1.807, 2.05) is 0 Å². The maximum Gasteiger partial charge on any atom is 0.243 e. The van der Waals surface area contributed by atoms with Crippen molar-refractivity contribution in [2.75, 3.05) is 19.8 Å². The molecular formula is C16H23BrN2O5S. The second-order valence-corrected chi connectivity index (χ2v) is 8.79. The van der Waals surface area contributed by atoms with E-state index in [4.69, 9.17) is 5.11 Å². The van der Waals surface area contributed by atoms with E-state index in [1.54, 1.807) is 12.1 Å². The van der Waals surface area contributed by atoms with E-state index < -0.39 is 28.0 Å². The molecule has 1 amide bonds. The number of benzene rings is 1. The van der Waals surface area contributed by atoms with Gasteiger partial charge in [-0.25, -0.2) is 8.42 Å². The summed E-state index contributed by atoms with van der Waals surface area (Å²) < 4.78 is 27.9. The van der Waals surface area contributed by atoms with Crippen LogP contribution in [0.15, 0.2) is 33.6 Å². The quantitative estimate of drug-likeness (QED) is 0.589. The Labute approximate surface area is 156 Å². The van der Waals surface area contributed by atoms with Crippen molar-refractivity contribution in [3.05, 3.63) is 28.7 Å². The van der Waals surface area contributed by atoms with Crippen LogP contribution in [-0.2, 0) is 14.8 Å². The number of hydrogen-bond acceptors (Lipinski definition) is 5. The maximum atomic E-state index is 12.9. The van der Waals surface area contributed by atoms with Gasteiger partial charge >= 0.3 is 0 Å². The van der Waals surface area contributed by atoms with Crippen LogP contribution in [0.4, 0.5) is 0 Å². The Balaban J connectivity index is 2.22. The Bertz CT molecular complexity index is 680. The molecule has 1 aromatic carbocycles. The van der Waals surface area contributed by atoms with E-state index in [2.05, 4.69) is 21.2 Å². The summed E-state index contributed by atoms with van der Waals surface area (Å²) in [4.78, 5) is 12.7. The molecule has 9 heteroatoms. The van der Waals surface area contributed by atoms with E-state index >= 15 is 0 Å². The predicted molar refractivity (Wildman–Crippen MR) is 96.4 cm³/mol. The third-order valence-electron chi connectivity index (χ3n) is 4.22. The highest BCUT2D eigenvalue weighted by Gasteiger charge is 2.38. The molecule has 7 nitrogen and oxygen atoms in total. The number of hydrogen-bond donors (Lipinski definition) is 3. The molecule has 0 saturated carbocycles. The van der Waals surface area contributed by atoms with Crippen molar-refractivity contribution in [2.24, 2.45) is 0 Å². The van der Waals surface area contributed by atoms with Gasteiger partial charge in [-0.15, -0.1) is 0 Å². The predicted octanol–water partition coefficient (Wildman–Crippen LogP) is 0.852. The average molecular weight is 435 g/mol. The van der Waals surface area contributed by atoms with Gasteiger partial charge in [0.1, 0.15) is 6.04 Å². The molecule has 1 heterocycles. The zero-order chi connectivity index (χ0) is 18.4. The van der Waals surface area contributed by atoms with Crippen molar-refractivity contribution in [3.8, 4) is 0 Å². The number of nitrogens with one attached hydrogen (secondary N) is 1. The van der Waals surface area contributed by atoms with Crippen LogP contribution < -0.4 is 5.32 Å². The summed E-state index contributed by atoms with van der Waals surface area (Å²) in [6, 6.07) is 4.91. The second kappa shape index (κ2) is 9.09. The van der Waals surface area contributed by atoms with E-state index in [1.165, 1.54) is 16.4 Å². The third-order valence-corrected chi connectivity index (χ3v) is 6.67. The Morgan fingerprint density at radius 1 is 1.28 bits per heavy atom. The molecule has 1 fully saturated rings. The molecule has 25 heavy (non-hydrogen) atoms. The zero-order valence-corrected chi connectivity index (χ0v) is 16.2. The molecule has 0 radical (unpaired) electrons. The molecule has 0 aliphatic carbocycles. The van der Waals surface area contributed by atoms with Crippen molar-refractivity contribution >= 4 is 31.9 Å². The zero-order valence-electron chi connectivity index (χ0n) is 13.8. The molecule has 1 aromatic rings. The van der Waals surface area contributed by atoms with Gasteiger partial charge in [0.25, 0.3) is 0 Å². The molecule has 0 aromatic heterocycles. The van der Waals surface area contributed by atoms with E-state index in [-0.39, 0.29) is 31.1 Å². The second-order valence-electron chi connectivity index (χ2n) is 5.98.